The predicted molar refractivity (Wildman–Crippen MR) is 122 cm³/mol. The van der Waals surface area contributed by atoms with Gasteiger partial charge >= 0.3 is 0 Å². The van der Waals surface area contributed by atoms with Crippen LogP contribution in [0.25, 0.3) is 17.0 Å². The van der Waals surface area contributed by atoms with Crippen LogP contribution in [0, 0.1) is 5.82 Å². The minimum Gasteiger partial charge on any atom is -0.493 e. The molecule has 0 N–H and O–H groups in total. The molecule has 0 fully saturated rings. The largest absolute Gasteiger partial charge is 0.493 e. The van der Waals surface area contributed by atoms with Crippen LogP contribution in [0.1, 0.15) is 15.9 Å². The highest BCUT2D eigenvalue weighted by molar-refractivity contribution is 7.99. The molecule has 3 aromatic carbocycles. The van der Waals surface area contributed by atoms with Crippen LogP contribution in [0.5, 0.6) is 5.75 Å². The number of benzene rings is 3. The van der Waals surface area contributed by atoms with E-state index < -0.39 is 0 Å². The van der Waals surface area contributed by atoms with Crippen molar-refractivity contribution < 1.29 is 13.9 Å². The fraction of sp³-hybridized carbons (Fsp3) is 0.0800. The van der Waals surface area contributed by atoms with E-state index in [0.29, 0.717) is 23.5 Å². The van der Waals surface area contributed by atoms with Crippen LogP contribution >= 0.6 is 11.8 Å². The molecule has 0 saturated heterocycles. The van der Waals surface area contributed by atoms with E-state index in [1.807, 2.05) is 24.3 Å². The Labute approximate surface area is 183 Å². The summed E-state index contributed by atoms with van der Waals surface area (Å²) in [6.45, 7) is 0.503. The molecule has 6 heteroatoms. The van der Waals surface area contributed by atoms with Crippen molar-refractivity contribution in [1.29, 1.82) is 0 Å². The molecule has 1 aromatic heterocycles. The van der Waals surface area contributed by atoms with Gasteiger partial charge < -0.3 is 4.74 Å². The molecule has 154 valence electrons. The third-order valence-corrected chi connectivity index (χ3v) is 5.52. The Morgan fingerprint density at radius 1 is 0.968 bits per heavy atom. The van der Waals surface area contributed by atoms with Crippen molar-refractivity contribution in [2.75, 3.05) is 12.4 Å². The van der Waals surface area contributed by atoms with E-state index in [9.17, 15) is 9.18 Å². The zero-order valence-electron chi connectivity index (χ0n) is 16.6. The van der Waals surface area contributed by atoms with E-state index in [1.165, 1.54) is 18.2 Å². The van der Waals surface area contributed by atoms with Gasteiger partial charge in [-0.1, -0.05) is 36.4 Å². The van der Waals surface area contributed by atoms with Gasteiger partial charge in [-0.15, -0.1) is 11.8 Å². The summed E-state index contributed by atoms with van der Waals surface area (Å²) in [5, 5.41) is 1.96. The molecule has 1 heterocycles. The van der Waals surface area contributed by atoms with Gasteiger partial charge in [0.15, 0.2) is 5.78 Å². The van der Waals surface area contributed by atoms with Gasteiger partial charge in [0.05, 0.1) is 12.1 Å². The highest BCUT2D eigenvalue weighted by atomic mass is 32.2. The SMILES string of the molecule is O=C(/C=C/c1ccccc1F)c1ccc(OCCSc2ncnc3ccccc23)cc1. The Kier molecular flexibility index (Phi) is 6.69. The fourth-order valence-electron chi connectivity index (χ4n) is 2.98. The zero-order chi connectivity index (χ0) is 21.5. The van der Waals surface area contributed by atoms with Crippen LogP contribution in [0.15, 0.2) is 90.2 Å². The number of thioether (sulfide) groups is 1. The fourth-order valence-corrected chi connectivity index (χ4v) is 3.79. The van der Waals surface area contributed by atoms with E-state index in [0.717, 1.165) is 21.7 Å². The lowest BCUT2D eigenvalue weighted by molar-refractivity contribution is 0.104. The molecule has 4 nitrogen and oxygen atoms in total. The van der Waals surface area contributed by atoms with Crippen LogP contribution < -0.4 is 4.74 Å². The summed E-state index contributed by atoms with van der Waals surface area (Å²) in [7, 11) is 0. The van der Waals surface area contributed by atoms with E-state index in [-0.39, 0.29) is 11.6 Å². The molecule has 0 saturated carbocycles. The minimum absolute atomic E-state index is 0.194. The van der Waals surface area contributed by atoms with Crippen molar-refractivity contribution in [3.8, 4) is 5.75 Å². The van der Waals surface area contributed by atoms with Crippen molar-refractivity contribution >= 4 is 34.5 Å². The van der Waals surface area contributed by atoms with E-state index in [2.05, 4.69) is 9.97 Å². The maximum absolute atomic E-state index is 13.6. The topological polar surface area (TPSA) is 52.1 Å². The molecule has 0 spiro atoms. The molecule has 0 unspecified atom stereocenters. The number of hydrogen-bond donors (Lipinski definition) is 0. The maximum atomic E-state index is 13.6. The number of rotatable bonds is 8. The Balaban J connectivity index is 1.29. The molecular formula is C25H19FN2O2S. The molecule has 0 aliphatic carbocycles. The number of carbonyl (C=O) groups excluding carboxylic acids is 1. The third kappa shape index (κ3) is 5.35. The minimum atomic E-state index is -0.358. The lowest BCUT2D eigenvalue weighted by atomic mass is 10.1. The average molecular weight is 431 g/mol. The number of carbonyl (C=O) groups is 1. The monoisotopic (exact) mass is 430 g/mol. The summed E-state index contributed by atoms with van der Waals surface area (Å²) >= 11 is 1.61. The van der Waals surface area contributed by atoms with Crippen molar-refractivity contribution in [2.24, 2.45) is 0 Å². The van der Waals surface area contributed by atoms with Gasteiger partial charge in [-0.05, 0) is 48.6 Å². The second kappa shape index (κ2) is 10.00. The van der Waals surface area contributed by atoms with Crippen LogP contribution in [-0.4, -0.2) is 28.1 Å². The number of ether oxygens (including phenoxy) is 1. The van der Waals surface area contributed by atoms with E-state index in [4.69, 9.17) is 4.74 Å². The van der Waals surface area contributed by atoms with Crippen LogP contribution in [0.3, 0.4) is 0 Å². The second-order valence-electron chi connectivity index (χ2n) is 6.64. The van der Waals surface area contributed by atoms with Gasteiger partial charge in [0.25, 0.3) is 0 Å². The molecule has 0 aliphatic rings. The summed E-state index contributed by atoms with van der Waals surface area (Å²) < 4.78 is 19.4. The zero-order valence-corrected chi connectivity index (χ0v) is 17.4. The lowest BCUT2D eigenvalue weighted by Crippen LogP contribution is -2.01. The van der Waals surface area contributed by atoms with Gasteiger partial charge in [0.2, 0.25) is 0 Å². The maximum Gasteiger partial charge on any atom is 0.185 e. The lowest BCUT2D eigenvalue weighted by Gasteiger charge is -2.07. The number of ketones is 1. The average Bonchev–Trinajstić information content (AvgIpc) is 2.81. The first-order valence-electron chi connectivity index (χ1n) is 9.73. The van der Waals surface area contributed by atoms with E-state index >= 15 is 0 Å². The number of fused-ring (bicyclic) bond motifs is 1. The molecule has 4 rings (SSSR count). The van der Waals surface area contributed by atoms with Crippen LogP contribution in [0.2, 0.25) is 0 Å². The molecule has 31 heavy (non-hydrogen) atoms. The molecule has 4 aromatic rings. The molecule has 0 bridgehead atoms. The van der Waals surface area contributed by atoms with Gasteiger partial charge in [-0.25, -0.2) is 14.4 Å². The standard InChI is InChI=1S/C25H19FN2O2S/c26-22-7-3-1-5-18(22)11-14-24(29)19-9-12-20(13-10-19)30-15-16-31-25-21-6-2-4-8-23(21)27-17-28-25/h1-14,17H,15-16H2/b14-11+. The Hall–Kier alpha value is -3.51. The Morgan fingerprint density at radius 3 is 2.58 bits per heavy atom. The molecular weight excluding hydrogens is 411 g/mol. The normalized spacial score (nSPS) is 11.1. The quantitative estimate of drug-likeness (QED) is 0.116. The number of allylic oxidation sites excluding steroid dienone is 1. The van der Waals surface area contributed by atoms with Crippen molar-refractivity contribution in [1.82, 2.24) is 9.97 Å². The summed E-state index contributed by atoms with van der Waals surface area (Å²) in [6.07, 6.45) is 4.43. The highest BCUT2D eigenvalue weighted by Crippen LogP contribution is 2.24. The van der Waals surface area contributed by atoms with Crippen molar-refractivity contribution in [3.05, 3.63) is 102 Å². The first-order valence-corrected chi connectivity index (χ1v) is 10.7. The first-order chi connectivity index (χ1) is 15.2. The summed E-state index contributed by atoms with van der Waals surface area (Å²) in [4.78, 5) is 20.9. The summed E-state index contributed by atoms with van der Waals surface area (Å²) in [6, 6.07) is 21.2. The smallest absolute Gasteiger partial charge is 0.185 e. The molecule has 0 atom stereocenters. The number of halogens is 1. The Morgan fingerprint density at radius 2 is 1.74 bits per heavy atom. The van der Waals surface area contributed by atoms with Gasteiger partial charge in [0.1, 0.15) is 22.9 Å². The van der Waals surface area contributed by atoms with Gasteiger partial charge in [-0.3, -0.25) is 4.79 Å². The van der Waals surface area contributed by atoms with Crippen molar-refractivity contribution in [2.45, 2.75) is 5.03 Å². The Bertz CT molecular complexity index is 1220. The second-order valence-corrected chi connectivity index (χ2v) is 7.72. The number of para-hydroxylation sites is 1. The van der Waals surface area contributed by atoms with Gasteiger partial charge in [-0.2, -0.15) is 0 Å². The summed E-state index contributed by atoms with van der Waals surface area (Å²) in [5.74, 6) is 0.861. The number of hydrogen-bond acceptors (Lipinski definition) is 5. The van der Waals surface area contributed by atoms with Crippen molar-refractivity contribution in [3.63, 3.8) is 0 Å². The van der Waals surface area contributed by atoms with Crippen LogP contribution in [-0.2, 0) is 0 Å². The molecule has 0 amide bonds. The van der Waals surface area contributed by atoms with Gasteiger partial charge in [0, 0.05) is 22.3 Å². The number of nitrogens with zero attached hydrogens (tertiary/aromatic N) is 2. The molecule has 0 radical (unpaired) electrons. The highest BCUT2D eigenvalue weighted by Gasteiger charge is 2.05. The first kappa shape index (κ1) is 20.8. The number of aromatic nitrogens is 2. The van der Waals surface area contributed by atoms with E-state index in [1.54, 1.807) is 60.6 Å². The summed E-state index contributed by atoms with van der Waals surface area (Å²) in [5.41, 5.74) is 1.82. The molecule has 0 aliphatic heterocycles. The third-order valence-electron chi connectivity index (χ3n) is 4.56. The predicted octanol–water partition coefficient (Wildman–Crippen LogP) is 5.84. The van der Waals surface area contributed by atoms with Crippen LogP contribution in [0.4, 0.5) is 4.39 Å².